The van der Waals surface area contributed by atoms with E-state index in [1.807, 2.05) is 0 Å². The lowest BCUT2D eigenvalue weighted by Crippen LogP contribution is -2.03. The lowest BCUT2D eigenvalue weighted by molar-refractivity contribution is -0.137. The van der Waals surface area contributed by atoms with E-state index in [1.165, 1.54) is 12.4 Å². The second-order valence-corrected chi connectivity index (χ2v) is 3.26. The van der Waals surface area contributed by atoms with Crippen LogP contribution in [0.1, 0.15) is 5.56 Å². The van der Waals surface area contributed by atoms with Crippen LogP contribution in [0.2, 0.25) is 5.15 Å². The Morgan fingerprint density at radius 1 is 1.19 bits per heavy atom. The first-order chi connectivity index (χ1) is 7.47. The first-order valence-electron chi connectivity index (χ1n) is 4.06. The van der Waals surface area contributed by atoms with Crippen molar-refractivity contribution in [2.24, 2.45) is 0 Å². The molecule has 0 bridgehead atoms. The second kappa shape index (κ2) is 3.75. The van der Waals surface area contributed by atoms with E-state index >= 15 is 0 Å². The maximum Gasteiger partial charge on any atom is 0.419 e. The minimum atomic E-state index is -4.43. The highest BCUT2D eigenvalue weighted by Crippen LogP contribution is 2.28. The summed E-state index contributed by atoms with van der Waals surface area (Å²) in [7, 11) is 0. The lowest BCUT2D eigenvalue weighted by Gasteiger charge is -2.01. The van der Waals surface area contributed by atoms with Crippen molar-refractivity contribution in [3.63, 3.8) is 0 Å². The fourth-order valence-electron chi connectivity index (χ4n) is 1.04. The van der Waals surface area contributed by atoms with Gasteiger partial charge in [0.15, 0.2) is 5.82 Å². The Morgan fingerprint density at radius 3 is 2.50 bits per heavy atom. The zero-order valence-corrected chi connectivity index (χ0v) is 8.37. The van der Waals surface area contributed by atoms with Gasteiger partial charge in [-0.25, -0.2) is 9.67 Å². The number of hydrogen-bond acceptors (Lipinski definition) is 3. The van der Waals surface area contributed by atoms with E-state index in [-0.39, 0.29) is 11.0 Å². The molecule has 84 valence electrons. The van der Waals surface area contributed by atoms with E-state index in [1.54, 1.807) is 0 Å². The van der Waals surface area contributed by atoms with E-state index in [0.717, 1.165) is 10.9 Å². The SMILES string of the molecule is FC(F)(F)c1cnn(-c2cncc(Cl)n2)c1. The van der Waals surface area contributed by atoms with Crippen LogP contribution in [-0.4, -0.2) is 19.7 Å². The van der Waals surface area contributed by atoms with Gasteiger partial charge >= 0.3 is 6.18 Å². The molecule has 2 aromatic heterocycles. The standard InChI is InChI=1S/C8H4ClF3N4/c9-6-2-13-3-7(15-6)16-4-5(1-14-16)8(10,11)12/h1-4H. The molecule has 0 amide bonds. The Bertz CT molecular complexity index is 508. The number of hydrogen-bond donors (Lipinski definition) is 0. The highest BCUT2D eigenvalue weighted by Gasteiger charge is 2.32. The van der Waals surface area contributed by atoms with Gasteiger partial charge in [0.25, 0.3) is 0 Å². The van der Waals surface area contributed by atoms with Crippen molar-refractivity contribution in [1.82, 2.24) is 19.7 Å². The summed E-state index contributed by atoms with van der Waals surface area (Å²) in [5.41, 5.74) is -0.853. The first-order valence-corrected chi connectivity index (χ1v) is 4.44. The summed E-state index contributed by atoms with van der Waals surface area (Å²) in [5.74, 6) is 0.128. The van der Waals surface area contributed by atoms with Crippen molar-refractivity contribution < 1.29 is 13.2 Å². The van der Waals surface area contributed by atoms with Gasteiger partial charge in [-0.05, 0) is 0 Å². The highest BCUT2D eigenvalue weighted by atomic mass is 35.5. The van der Waals surface area contributed by atoms with Crippen LogP contribution in [0, 0.1) is 0 Å². The largest absolute Gasteiger partial charge is 0.419 e. The molecule has 0 N–H and O–H groups in total. The first kappa shape index (κ1) is 10.9. The summed E-state index contributed by atoms with van der Waals surface area (Å²) in [6, 6.07) is 0. The second-order valence-electron chi connectivity index (χ2n) is 2.87. The molecule has 2 aromatic rings. The summed E-state index contributed by atoms with van der Waals surface area (Å²) in [6.07, 6.45) is -0.356. The molecule has 0 fully saturated rings. The molecule has 0 spiro atoms. The smallest absolute Gasteiger partial charge is 0.258 e. The zero-order chi connectivity index (χ0) is 11.8. The van der Waals surface area contributed by atoms with Crippen LogP contribution in [0.3, 0.4) is 0 Å². The summed E-state index contributed by atoms with van der Waals surface area (Å²) in [4.78, 5) is 7.47. The molecule has 16 heavy (non-hydrogen) atoms. The molecule has 0 saturated carbocycles. The molecule has 0 aliphatic rings. The van der Waals surface area contributed by atoms with Gasteiger partial charge in [0, 0.05) is 6.20 Å². The number of alkyl halides is 3. The van der Waals surface area contributed by atoms with Gasteiger partial charge in [0.2, 0.25) is 0 Å². The number of nitrogens with zero attached hydrogens (tertiary/aromatic N) is 4. The fourth-order valence-corrected chi connectivity index (χ4v) is 1.18. The van der Waals surface area contributed by atoms with Crippen molar-refractivity contribution in [2.75, 3.05) is 0 Å². The third kappa shape index (κ3) is 2.13. The molecule has 0 aliphatic carbocycles. The van der Waals surface area contributed by atoms with E-state index in [2.05, 4.69) is 15.1 Å². The molecule has 0 aromatic carbocycles. The van der Waals surface area contributed by atoms with Crippen LogP contribution in [0.5, 0.6) is 0 Å². The average molecular weight is 249 g/mol. The maximum absolute atomic E-state index is 12.3. The van der Waals surface area contributed by atoms with Crippen LogP contribution in [-0.2, 0) is 6.18 Å². The normalized spacial score (nSPS) is 11.8. The molecule has 0 aliphatic heterocycles. The third-order valence-corrected chi connectivity index (χ3v) is 1.92. The Labute approximate surface area is 92.7 Å². The lowest BCUT2D eigenvalue weighted by atomic mass is 10.4. The van der Waals surface area contributed by atoms with Gasteiger partial charge in [-0.15, -0.1) is 0 Å². The van der Waals surface area contributed by atoms with Crippen LogP contribution in [0.25, 0.3) is 5.82 Å². The number of aromatic nitrogens is 4. The van der Waals surface area contributed by atoms with Crippen molar-refractivity contribution in [3.05, 3.63) is 35.5 Å². The van der Waals surface area contributed by atoms with Crippen molar-refractivity contribution >= 4 is 11.6 Å². The predicted octanol–water partition coefficient (Wildman–Crippen LogP) is 2.33. The van der Waals surface area contributed by atoms with Gasteiger partial charge in [0.1, 0.15) is 5.15 Å². The molecule has 0 radical (unpaired) electrons. The van der Waals surface area contributed by atoms with Crippen molar-refractivity contribution in [1.29, 1.82) is 0 Å². The fraction of sp³-hybridized carbons (Fsp3) is 0.125. The molecule has 2 rings (SSSR count). The van der Waals surface area contributed by atoms with Crippen molar-refractivity contribution in [2.45, 2.75) is 6.18 Å². The van der Waals surface area contributed by atoms with Crippen molar-refractivity contribution in [3.8, 4) is 5.82 Å². The van der Waals surface area contributed by atoms with Crippen LogP contribution in [0.4, 0.5) is 13.2 Å². The zero-order valence-electron chi connectivity index (χ0n) is 7.61. The number of halogens is 4. The quantitative estimate of drug-likeness (QED) is 0.778. The molecular weight excluding hydrogens is 245 g/mol. The molecule has 8 heteroatoms. The summed E-state index contributed by atoms with van der Waals surface area (Å²) in [6.45, 7) is 0. The van der Waals surface area contributed by atoms with Gasteiger partial charge in [0.05, 0.1) is 24.2 Å². The Morgan fingerprint density at radius 2 is 1.94 bits per heavy atom. The van der Waals surface area contributed by atoms with E-state index in [9.17, 15) is 13.2 Å². The van der Waals surface area contributed by atoms with Gasteiger partial charge in [-0.2, -0.15) is 18.3 Å². The van der Waals surface area contributed by atoms with E-state index < -0.39 is 11.7 Å². The average Bonchev–Trinajstić information content (AvgIpc) is 2.65. The van der Waals surface area contributed by atoms with E-state index in [0.29, 0.717) is 6.20 Å². The Kier molecular flexibility index (Phi) is 2.55. The van der Waals surface area contributed by atoms with Gasteiger partial charge in [-0.1, -0.05) is 11.6 Å². The van der Waals surface area contributed by atoms with Crippen LogP contribution >= 0.6 is 11.6 Å². The highest BCUT2D eigenvalue weighted by molar-refractivity contribution is 6.29. The minimum absolute atomic E-state index is 0.0848. The molecule has 4 nitrogen and oxygen atoms in total. The molecular formula is C8H4ClF3N4. The van der Waals surface area contributed by atoms with Crippen LogP contribution < -0.4 is 0 Å². The number of rotatable bonds is 1. The Balaban J connectivity index is 2.39. The molecule has 0 saturated heterocycles. The Hall–Kier alpha value is -1.63. The summed E-state index contributed by atoms with van der Waals surface area (Å²) < 4.78 is 37.8. The molecule has 2 heterocycles. The van der Waals surface area contributed by atoms with E-state index in [4.69, 9.17) is 11.6 Å². The van der Waals surface area contributed by atoms with Gasteiger partial charge < -0.3 is 0 Å². The van der Waals surface area contributed by atoms with Gasteiger partial charge in [-0.3, -0.25) is 4.98 Å². The molecule has 0 unspecified atom stereocenters. The monoisotopic (exact) mass is 248 g/mol. The third-order valence-electron chi connectivity index (χ3n) is 1.74. The summed E-state index contributed by atoms with van der Waals surface area (Å²) >= 11 is 5.55. The molecule has 0 atom stereocenters. The minimum Gasteiger partial charge on any atom is -0.258 e. The predicted molar refractivity (Wildman–Crippen MR) is 49.2 cm³/mol. The van der Waals surface area contributed by atoms with Crippen LogP contribution in [0.15, 0.2) is 24.8 Å². The topological polar surface area (TPSA) is 43.6 Å². The maximum atomic E-state index is 12.3. The summed E-state index contributed by atoms with van der Waals surface area (Å²) in [5, 5.41) is 3.61.